The van der Waals surface area contributed by atoms with Crippen LogP contribution in [-0.2, 0) is 16.4 Å². The molecule has 15 heteroatoms. The van der Waals surface area contributed by atoms with E-state index in [2.05, 4.69) is 5.32 Å². The zero-order valence-electron chi connectivity index (χ0n) is 19.0. The summed E-state index contributed by atoms with van der Waals surface area (Å²) in [6.45, 7) is 0. The molecule has 2 amide bonds. The third kappa shape index (κ3) is 4.66. The SMILES string of the molecule is NC(=O)C1(c2ccc(Cl)c(NC(=O)c3ccc([N+](=O)[O-])cc3F)c2)C(c2ccc(F)c(C(F)(F)F)c2)C1(Cl)Cl. The van der Waals surface area contributed by atoms with Crippen LogP contribution in [-0.4, -0.2) is 21.1 Å². The Bertz CT molecular complexity index is 1550. The molecule has 0 bridgehead atoms. The average molecular weight is 609 g/mol. The molecule has 2 unspecified atom stereocenters. The first kappa shape index (κ1) is 28.5. The maximum absolute atomic E-state index is 14.3. The van der Waals surface area contributed by atoms with Crippen LogP contribution in [0.5, 0.6) is 0 Å². The monoisotopic (exact) mass is 607 g/mol. The van der Waals surface area contributed by atoms with Gasteiger partial charge in [0, 0.05) is 12.0 Å². The molecule has 3 N–H and O–H groups in total. The third-order valence-electron chi connectivity index (χ3n) is 6.33. The van der Waals surface area contributed by atoms with E-state index in [1.807, 2.05) is 0 Å². The minimum absolute atomic E-state index is 0.0632. The highest BCUT2D eigenvalue weighted by Gasteiger charge is 2.81. The smallest absolute Gasteiger partial charge is 0.369 e. The van der Waals surface area contributed by atoms with E-state index in [-0.39, 0.29) is 21.8 Å². The summed E-state index contributed by atoms with van der Waals surface area (Å²) in [4.78, 5) is 35.4. The first-order chi connectivity index (χ1) is 18.0. The molecule has 1 aliphatic rings. The second-order valence-electron chi connectivity index (χ2n) is 8.54. The van der Waals surface area contributed by atoms with Crippen LogP contribution in [0, 0.1) is 21.7 Å². The fourth-order valence-corrected chi connectivity index (χ4v) is 5.73. The van der Waals surface area contributed by atoms with E-state index >= 15 is 0 Å². The Labute approximate surface area is 230 Å². The van der Waals surface area contributed by atoms with Gasteiger partial charge < -0.3 is 11.1 Å². The number of rotatable bonds is 6. The number of nitrogens with zero attached hydrogens (tertiary/aromatic N) is 1. The number of halogens is 8. The van der Waals surface area contributed by atoms with Crippen LogP contribution in [0.3, 0.4) is 0 Å². The molecule has 1 aliphatic carbocycles. The molecule has 0 heterocycles. The molecule has 1 fully saturated rings. The molecule has 0 spiro atoms. The normalized spacial score (nSPS) is 19.8. The van der Waals surface area contributed by atoms with Crippen molar-refractivity contribution >= 4 is 58.0 Å². The van der Waals surface area contributed by atoms with Crippen molar-refractivity contribution in [2.45, 2.75) is 21.8 Å². The number of nitrogens with two attached hydrogens (primary N) is 1. The number of nitro groups is 1. The molecule has 7 nitrogen and oxygen atoms in total. The third-order valence-corrected chi connectivity index (χ3v) is 7.70. The highest BCUT2D eigenvalue weighted by Crippen LogP contribution is 2.74. The van der Waals surface area contributed by atoms with Crippen LogP contribution in [0.15, 0.2) is 54.6 Å². The fraction of sp³-hybridized carbons (Fsp3) is 0.167. The summed E-state index contributed by atoms with van der Waals surface area (Å²) >= 11 is 19.0. The lowest BCUT2D eigenvalue weighted by Gasteiger charge is -2.18. The number of hydrogen-bond donors (Lipinski definition) is 2. The number of nitrogens with one attached hydrogen (secondary N) is 1. The van der Waals surface area contributed by atoms with Crippen molar-refractivity contribution in [2.75, 3.05) is 5.32 Å². The van der Waals surface area contributed by atoms with Gasteiger partial charge in [-0.05, 0) is 41.5 Å². The minimum atomic E-state index is -5.06. The summed E-state index contributed by atoms with van der Waals surface area (Å²) in [6.07, 6.45) is -5.06. The number of anilines is 1. The Morgan fingerprint density at radius 3 is 2.23 bits per heavy atom. The molecule has 204 valence electrons. The molecule has 0 aromatic heterocycles. The van der Waals surface area contributed by atoms with Crippen molar-refractivity contribution in [2.24, 2.45) is 5.73 Å². The Kier molecular flexibility index (Phi) is 7.03. The number of carbonyl (C=O) groups excluding carboxylic acids is 2. The summed E-state index contributed by atoms with van der Waals surface area (Å²) in [5.41, 5.74) is 0.318. The Hall–Kier alpha value is -3.48. The molecule has 0 saturated heterocycles. The number of nitro benzene ring substituents is 1. The van der Waals surface area contributed by atoms with Crippen molar-refractivity contribution in [3.63, 3.8) is 0 Å². The predicted octanol–water partition coefficient (Wildman–Crippen LogP) is 6.49. The molecule has 3 aromatic carbocycles. The van der Waals surface area contributed by atoms with Crippen LogP contribution in [0.25, 0.3) is 0 Å². The highest BCUT2D eigenvalue weighted by atomic mass is 35.5. The average Bonchev–Trinajstić information content (AvgIpc) is 3.36. The van der Waals surface area contributed by atoms with Crippen molar-refractivity contribution in [3.8, 4) is 0 Å². The zero-order valence-corrected chi connectivity index (χ0v) is 21.2. The second kappa shape index (κ2) is 9.61. The number of amides is 2. The number of non-ortho nitro benzene ring substituents is 1. The van der Waals surface area contributed by atoms with E-state index in [4.69, 9.17) is 40.5 Å². The number of primary amides is 1. The maximum Gasteiger partial charge on any atom is 0.419 e. The second-order valence-corrected chi connectivity index (χ2v) is 10.3. The highest BCUT2D eigenvalue weighted by molar-refractivity contribution is 6.55. The molecule has 0 aliphatic heterocycles. The molecular formula is C24H13Cl3F5N3O4. The van der Waals surface area contributed by atoms with Crippen LogP contribution in [0.1, 0.15) is 33.0 Å². The van der Waals surface area contributed by atoms with Gasteiger partial charge >= 0.3 is 6.18 Å². The van der Waals surface area contributed by atoms with Gasteiger partial charge in [-0.1, -0.05) is 46.9 Å². The lowest BCUT2D eigenvalue weighted by molar-refractivity contribution is -0.385. The van der Waals surface area contributed by atoms with E-state index in [1.54, 1.807) is 0 Å². The molecule has 4 rings (SSSR count). The maximum atomic E-state index is 14.3. The predicted molar refractivity (Wildman–Crippen MR) is 132 cm³/mol. The van der Waals surface area contributed by atoms with Gasteiger partial charge in [0.05, 0.1) is 32.8 Å². The van der Waals surface area contributed by atoms with Crippen molar-refractivity contribution < 1.29 is 36.5 Å². The quantitative estimate of drug-likeness (QED) is 0.144. The first-order valence-electron chi connectivity index (χ1n) is 10.6. The van der Waals surface area contributed by atoms with E-state index in [1.165, 1.54) is 12.1 Å². The minimum Gasteiger partial charge on any atom is -0.369 e. The van der Waals surface area contributed by atoms with Gasteiger partial charge in [0.25, 0.3) is 11.6 Å². The molecule has 39 heavy (non-hydrogen) atoms. The van der Waals surface area contributed by atoms with Gasteiger partial charge in [-0.15, -0.1) is 0 Å². The lowest BCUT2D eigenvalue weighted by atomic mass is 9.89. The fourth-order valence-electron chi connectivity index (χ4n) is 4.47. The standard InChI is InChI=1S/C24H13Cl3F5N3O4/c25-15-5-2-11(8-18(15)34-20(36)13-4-3-12(35(38)39)9-17(13)29)22(21(33)37)19(23(22,26)27)10-1-6-16(28)14(7-10)24(30,31)32/h1-9,19H,(H2,33,37)(H,34,36). The summed E-state index contributed by atoms with van der Waals surface area (Å²) < 4.78 is 66.1. The van der Waals surface area contributed by atoms with Gasteiger partial charge in [0.15, 0.2) is 0 Å². The molecule has 0 radical (unpaired) electrons. The van der Waals surface area contributed by atoms with Gasteiger partial charge in [-0.2, -0.15) is 13.2 Å². The molecule has 2 atom stereocenters. The van der Waals surface area contributed by atoms with Gasteiger partial charge in [-0.3, -0.25) is 19.7 Å². The van der Waals surface area contributed by atoms with Crippen LogP contribution >= 0.6 is 34.8 Å². The largest absolute Gasteiger partial charge is 0.419 e. The van der Waals surface area contributed by atoms with Crippen LogP contribution in [0.2, 0.25) is 5.02 Å². The number of carbonyl (C=O) groups is 2. The van der Waals surface area contributed by atoms with E-state index in [0.717, 1.165) is 24.3 Å². The summed E-state index contributed by atoms with van der Waals surface area (Å²) in [6, 6.07) is 7.90. The molecule has 1 saturated carbocycles. The number of alkyl halides is 5. The van der Waals surface area contributed by atoms with E-state index in [9.17, 15) is 41.7 Å². The summed E-state index contributed by atoms with van der Waals surface area (Å²) in [5.74, 6) is -6.34. The first-order valence-corrected chi connectivity index (χ1v) is 11.8. The van der Waals surface area contributed by atoms with Gasteiger partial charge in [0.2, 0.25) is 5.91 Å². The van der Waals surface area contributed by atoms with Crippen LogP contribution < -0.4 is 11.1 Å². The Morgan fingerprint density at radius 2 is 1.67 bits per heavy atom. The van der Waals surface area contributed by atoms with E-state index in [0.29, 0.717) is 18.2 Å². The number of benzene rings is 3. The number of hydrogen-bond acceptors (Lipinski definition) is 4. The summed E-state index contributed by atoms with van der Waals surface area (Å²) in [5, 5.41) is 13.0. The zero-order chi connectivity index (χ0) is 29.1. The Balaban J connectivity index is 1.75. The van der Waals surface area contributed by atoms with Crippen molar-refractivity contribution in [1.29, 1.82) is 0 Å². The lowest BCUT2D eigenvalue weighted by Crippen LogP contribution is -2.34. The topological polar surface area (TPSA) is 115 Å². The van der Waals surface area contributed by atoms with Gasteiger partial charge in [0.1, 0.15) is 21.4 Å². The van der Waals surface area contributed by atoms with E-state index < -0.39 is 67.0 Å². The summed E-state index contributed by atoms with van der Waals surface area (Å²) in [7, 11) is 0. The molecular weight excluding hydrogens is 596 g/mol. The Morgan fingerprint density at radius 1 is 1.00 bits per heavy atom. The van der Waals surface area contributed by atoms with Crippen LogP contribution in [0.4, 0.5) is 33.3 Å². The van der Waals surface area contributed by atoms with Crippen molar-refractivity contribution in [1.82, 2.24) is 0 Å². The van der Waals surface area contributed by atoms with Gasteiger partial charge in [-0.25, -0.2) is 8.78 Å². The van der Waals surface area contributed by atoms with Crippen molar-refractivity contribution in [3.05, 3.63) is 104 Å². The molecule has 3 aromatic rings.